The van der Waals surface area contributed by atoms with E-state index in [4.69, 9.17) is 9.47 Å². The summed E-state index contributed by atoms with van der Waals surface area (Å²) >= 11 is 0. The Balaban J connectivity index is 1.80. The van der Waals surface area contributed by atoms with Crippen molar-refractivity contribution in [3.8, 4) is 11.5 Å². The number of hydrogen-bond acceptors (Lipinski definition) is 4. The molecule has 0 aromatic heterocycles. The van der Waals surface area contributed by atoms with Gasteiger partial charge in [0, 0.05) is 31.6 Å². The van der Waals surface area contributed by atoms with Gasteiger partial charge in [0.1, 0.15) is 22.9 Å². The zero-order valence-corrected chi connectivity index (χ0v) is 16.7. The van der Waals surface area contributed by atoms with Crippen molar-refractivity contribution in [2.45, 2.75) is 18.8 Å². The molecule has 0 amide bonds. The van der Waals surface area contributed by atoms with Crippen LogP contribution in [0.5, 0.6) is 11.5 Å². The fourth-order valence-corrected chi connectivity index (χ4v) is 2.70. The van der Waals surface area contributed by atoms with Gasteiger partial charge in [0.05, 0.1) is 13.2 Å². The second-order valence-corrected chi connectivity index (χ2v) is 6.24. The van der Waals surface area contributed by atoms with Crippen molar-refractivity contribution in [1.82, 2.24) is 0 Å². The van der Waals surface area contributed by atoms with Crippen LogP contribution in [0.25, 0.3) is 0 Å². The van der Waals surface area contributed by atoms with Crippen LogP contribution in [0.15, 0.2) is 58.5 Å². The monoisotopic (exact) mass is 446 g/mol. The van der Waals surface area contributed by atoms with Gasteiger partial charge < -0.3 is 9.47 Å². The molecule has 0 fully saturated rings. The molecule has 2 rings (SSSR count). The van der Waals surface area contributed by atoms with Crippen LogP contribution in [0.1, 0.15) is 17.5 Å². The summed E-state index contributed by atoms with van der Waals surface area (Å²) in [5, 5.41) is 0. The van der Waals surface area contributed by atoms with Crippen LogP contribution in [0, 0.1) is 0 Å². The van der Waals surface area contributed by atoms with E-state index in [1.165, 1.54) is 48.5 Å². The first-order chi connectivity index (χ1) is 14.6. The molecular weight excluding hydrogens is 426 g/mol. The average Bonchev–Trinajstić information content (AvgIpc) is 2.69. The lowest BCUT2D eigenvalue weighted by molar-refractivity contribution is -0.0590. The molecule has 0 heterocycles. The molecule has 0 aliphatic heterocycles. The topological polar surface area (TPSA) is 43.2 Å². The van der Waals surface area contributed by atoms with E-state index in [1.54, 1.807) is 0 Å². The molecule has 2 aromatic rings. The molecule has 0 radical (unpaired) electrons. The van der Waals surface area contributed by atoms with Crippen LogP contribution in [-0.4, -0.2) is 51.1 Å². The average molecular weight is 446 g/mol. The first-order valence-electron chi connectivity index (χ1n) is 9.10. The summed E-state index contributed by atoms with van der Waals surface area (Å²) in [6, 6.07) is 10.8. The Kier molecular flexibility index (Phi) is 8.07. The SMILES string of the molecule is C/N=C(/c1ccc(OCCCOc2ccc(/C(=N/C)C(F)(F)F)cc2)cc1)C(F)(F)F. The molecule has 0 aliphatic rings. The predicted octanol–water partition coefficient (Wildman–Crippen LogP) is 5.50. The molecule has 0 bridgehead atoms. The number of aliphatic imine (C=N–C) groups is 2. The van der Waals surface area contributed by atoms with Crippen LogP contribution in [-0.2, 0) is 0 Å². The van der Waals surface area contributed by atoms with Crippen LogP contribution in [0.3, 0.4) is 0 Å². The Morgan fingerprint density at radius 2 is 0.968 bits per heavy atom. The van der Waals surface area contributed by atoms with E-state index in [0.717, 1.165) is 14.1 Å². The van der Waals surface area contributed by atoms with E-state index in [2.05, 4.69) is 9.98 Å². The third-order valence-corrected chi connectivity index (χ3v) is 4.07. The van der Waals surface area contributed by atoms with Gasteiger partial charge in [-0.3, -0.25) is 9.98 Å². The molecule has 0 spiro atoms. The number of ether oxygens (including phenoxy) is 2. The number of rotatable bonds is 8. The molecule has 2 aromatic carbocycles. The van der Waals surface area contributed by atoms with Gasteiger partial charge in [-0.2, -0.15) is 26.3 Å². The first-order valence-corrected chi connectivity index (χ1v) is 9.10. The lowest BCUT2D eigenvalue weighted by atomic mass is 10.1. The number of hydrogen-bond donors (Lipinski definition) is 0. The van der Waals surface area contributed by atoms with Gasteiger partial charge in [0.2, 0.25) is 0 Å². The normalized spacial score (nSPS) is 13.3. The fraction of sp³-hybridized carbons (Fsp3) is 0.333. The Bertz CT molecular complexity index is 826. The molecule has 0 saturated heterocycles. The van der Waals surface area contributed by atoms with E-state index in [-0.39, 0.29) is 24.3 Å². The zero-order valence-electron chi connectivity index (χ0n) is 16.7. The van der Waals surface area contributed by atoms with Crippen molar-refractivity contribution in [2.75, 3.05) is 27.3 Å². The van der Waals surface area contributed by atoms with Crippen molar-refractivity contribution >= 4 is 11.4 Å². The highest BCUT2D eigenvalue weighted by atomic mass is 19.4. The summed E-state index contributed by atoms with van der Waals surface area (Å²) in [4.78, 5) is 6.56. The van der Waals surface area contributed by atoms with Crippen molar-refractivity contribution in [3.05, 3.63) is 59.7 Å². The Hall–Kier alpha value is -3.04. The van der Waals surface area contributed by atoms with Gasteiger partial charge in [-0.15, -0.1) is 0 Å². The Morgan fingerprint density at radius 1 is 0.645 bits per heavy atom. The van der Waals surface area contributed by atoms with Crippen LogP contribution in [0.2, 0.25) is 0 Å². The Morgan fingerprint density at radius 3 is 1.23 bits per heavy atom. The molecule has 0 atom stereocenters. The molecule has 0 unspecified atom stereocenters. The minimum absolute atomic E-state index is 0.0593. The number of nitrogens with zero attached hydrogens (tertiary/aromatic N) is 2. The van der Waals surface area contributed by atoms with Crippen molar-refractivity contribution < 1.29 is 35.8 Å². The fourth-order valence-electron chi connectivity index (χ4n) is 2.70. The molecule has 0 N–H and O–H groups in total. The smallest absolute Gasteiger partial charge is 0.433 e. The maximum Gasteiger partial charge on any atom is 0.433 e. The maximum atomic E-state index is 12.8. The molecule has 10 heteroatoms. The van der Waals surface area contributed by atoms with Crippen molar-refractivity contribution in [3.63, 3.8) is 0 Å². The highest BCUT2D eigenvalue weighted by molar-refractivity contribution is 6.05. The van der Waals surface area contributed by atoms with E-state index < -0.39 is 23.8 Å². The van der Waals surface area contributed by atoms with Crippen molar-refractivity contribution in [1.29, 1.82) is 0 Å². The van der Waals surface area contributed by atoms with E-state index in [1.807, 2.05) is 0 Å². The second-order valence-electron chi connectivity index (χ2n) is 6.24. The quantitative estimate of drug-likeness (QED) is 0.306. The molecular formula is C21H20F6N2O2. The van der Waals surface area contributed by atoms with Crippen LogP contribution < -0.4 is 9.47 Å². The second kappa shape index (κ2) is 10.3. The Labute approximate surface area is 175 Å². The van der Waals surface area contributed by atoms with Gasteiger partial charge in [-0.1, -0.05) is 0 Å². The maximum absolute atomic E-state index is 12.8. The van der Waals surface area contributed by atoms with E-state index >= 15 is 0 Å². The third-order valence-electron chi connectivity index (χ3n) is 4.07. The summed E-state index contributed by atoms with van der Waals surface area (Å²) in [6.07, 6.45) is -8.62. The molecule has 31 heavy (non-hydrogen) atoms. The number of benzene rings is 2. The van der Waals surface area contributed by atoms with Crippen LogP contribution in [0.4, 0.5) is 26.3 Å². The van der Waals surface area contributed by atoms with Gasteiger partial charge in [0.25, 0.3) is 0 Å². The molecule has 0 saturated carbocycles. The summed E-state index contributed by atoms with van der Waals surface area (Å²) in [7, 11) is 2.15. The van der Waals surface area contributed by atoms with Crippen LogP contribution >= 0.6 is 0 Å². The lowest BCUT2D eigenvalue weighted by Crippen LogP contribution is -2.23. The predicted molar refractivity (Wildman–Crippen MR) is 106 cm³/mol. The van der Waals surface area contributed by atoms with E-state index in [0.29, 0.717) is 17.9 Å². The van der Waals surface area contributed by atoms with Crippen molar-refractivity contribution in [2.24, 2.45) is 9.98 Å². The number of halogens is 6. The summed E-state index contributed by atoms with van der Waals surface area (Å²) in [5.74, 6) is 0.786. The lowest BCUT2D eigenvalue weighted by Gasteiger charge is -2.12. The van der Waals surface area contributed by atoms with Gasteiger partial charge in [0.15, 0.2) is 0 Å². The molecule has 0 aliphatic carbocycles. The highest BCUT2D eigenvalue weighted by Gasteiger charge is 2.36. The summed E-state index contributed by atoms with van der Waals surface area (Å²) in [6.45, 7) is 0.484. The third kappa shape index (κ3) is 7.01. The molecule has 168 valence electrons. The minimum Gasteiger partial charge on any atom is -0.493 e. The largest absolute Gasteiger partial charge is 0.493 e. The highest BCUT2D eigenvalue weighted by Crippen LogP contribution is 2.25. The minimum atomic E-state index is -4.54. The molecule has 4 nitrogen and oxygen atoms in total. The first kappa shape index (κ1) is 24.2. The standard InChI is InChI=1S/C21H20F6N2O2/c1-28-18(20(22,23)24)14-4-8-16(9-5-14)30-12-3-13-31-17-10-6-15(7-11-17)19(29-2)21(25,26)27/h4-11H,3,12-13H2,1-2H3/b28-18-,29-19-. The number of alkyl halides is 6. The van der Waals surface area contributed by atoms with Gasteiger partial charge in [-0.05, 0) is 48.5 Å². The summed E-state index contributed by atoms with van der Waals surface area (Å²) < 4.78 is 87.9. The summed E-state index contributed by atoms with van der Waals surface area (Å²) in [5.41, 5.74) is -2.05. The van der Waals surface area contributed by atoms with Gasteiger partial charge in [-0.25, -0.2) is 0 Å². The van der Waals surface area contributed by atoms with E-state index in [9.17, 15) is 26.3 Å². The van der Waals surface area contributed by atoms with Gasteiger partial charge >= 0.3 is 12.4 Å². The zero-order chi connectivity index (χ0) is 23.1.